The Morgan fingerprint density at radius 3 is 3.00 bits per heavy atom. The van der Waals surface area contributed by atoms with Gasteiger partial charge in [0.2, 0.25) is 5.91 Å². The topological polar surface area (TPSA) is 40.6 Å². The molecule has 2 atom stereocenters. The van der Waals surface area contributed by atoms with Gasteiger partial charge in [0.05, 0.1) is 4.88 Å². The zero-order valence-electron chi connectivity index (χ0n) is 11.7. The lowest BCUT2D eigenvalue weighted by molar-refractivity contribution is -0.132. The van der Waals surface area contributed by atoms with Gasteiger partial charge in [0.1, 0.15) is 0 Å². The van der Waals surface area contributed by atoms with Gasteiger partial charge in [0.15, 0.2) is 0 Å². The maximum Gasteiger partial charge on any atom is 0.263 e. The van der Waals surface area contributed by atoms with E-state index >= 15 is 0 Å². The summed E-state index contributed by atoms with van der Waals surface area (Å²) in [5.41, 5.74) is 0. The van der Waals surface area contributed by atoms with Crippen LogP contribution in [0.3, 0.4) is 0 Å². The van der Waals surface area contributed by atoms with Crippen molar-refractivity contribution in [3.63, 3.8) is 0 Å². The number of likely N-dealkylation sites (tertiary alicyclic amines) is 2. The number of thiophene rings is 1. The van der Waals surface area contributed by atoms with Gasteiger partial charge in [-0.15, -0.1) is 11.3 Å². The first-order chi connectivity index (χ1) is 9.66. The van der Waals surface area contributed by atoms with Crippen LogP contribution < -0.4 is 0 Å². The third kappa shape index (κ3) is 2.46. The lowest BCUT2D eigenvalue weighted by Crippen LogP contribution is -2.51. The van der Waals surface area contributed by atoms with Crippen LogP contribution in [-0.4, -0.2) is 47.8 Å². The molecule has 0 unspecified atom stereocenters. The van der Waals surface area contributed by atoms with Crippen molar-refractivity contribution in [2.24, 2.45) is 5.92 Å². The molecule has 2 aliphatic heterocycles. The fourth-order valence-corrected chi connectivity index (χ4v) is 4.12. The Hall–Kier alpha value is -1.36. The molecule has 0 bridgehead atoms. The first-order valence-electron chi connectivity index (χ1n) is 7.25. The summed E-state index contributed by atoms with van der Waals surface area (Å²) in [6, 6.07) is 4.13. The lowest BCUT2D eigenvalue weighted by Gasteiger charge is -2.41. The third-order valence-electron chi connectivity index (χ3n) is 4.57. The second kappa shape index (κ2) is 5.56. The molecule has 2 amide bonds. The third-order valence-corrected chi connectivity index (χ3v) is 5.43. The van der Waals surface area contributed by atoms with Gasteiger partial charge in [-0.25, -0.2) is 0 Å². The SMILES string of the molecule is CN1C(=O)CCC[C@H]2CN(C(=O)c3cccs3)CC[C@H]21. The van der Waals surface area contributed by atoms with Crippen molar-refractivity contribution >= 4 is 23.2 Å². The van der Waals surface area contributed by atoms with Crippen molar-refractivity contribution in [1.82, 2.24) is 9.80 Å². The van der Waals surface area contributed by atoms with Crippen LogP contribution in [0.2, 0.25) is 0 Å². The molecule has 2 saturated heterocycles. The minimum atomic E-state index is 0.150. The normalized spacial score (nSPS) is 27.1. The van der Waals surface area contributed by atoms with Crippen molar-refractivity contribution < 1.29 is 9.59 Å². The van der Waals surface area contributed by atoms with Crippen LogP contribution in [0, 0.1) is 5.92 Å². The summed E-state index contributed by atoms with van der Waals surface area (Å²) in [5.74, 6) is 0.844. The predicted molar refractivity (Wildman–Crippen MR) is 78.7 cm³/mol. The standard InChI is InChI=1S/C15H20N2O2S/c1-16-12-7-8-17(15(19)13-5-3-9-20-13)10-11(12)4-2-6-14(16)18/h3,5,9,11-12H,2,4,6-8,10H2,1H3/t11-,12+/m0/s1. The second-order valence-electron chi connectivity index (χ2n) is 5.74. The van der Waals surface area contributed by atoms with Crippen LogP contribution >= 0.6 is 11.3 Å². The maximum absolute atomic E-state index is 12.4. The number of carbonyl (C=O) groups is 2. The van der Waals surface area contributed by atoms with Crippen LogP contribution in [0.15, 0.2) is 17.5 Å². The average Bonchev–Trinajstić information content (AvgIpc) is 2.95. The van der Waals surface area contributed by atoms with Crippen molar-refractivity contribution in [2.45, 2.75) is 31.7 Å². The number of fused-ring (bicyclic) bond motifs is 1. The highest BCUT2D eigenvalue weighted by molar-refractivity contribution is 7.12. The van der Waals surface area contributed by atoms with E-state index in [0.717, 1.165) is 37.2 Å². The molecule has 1 aromatic rings. The Labute approximate surface area is 123 Å². The number of carbonyl (C=O) groups excluding carboxylic acids is 2. The minimum Gasteiger partial charge on any atom is -0.342 e. The Kier molecular flexibility index (Phi) is 3.78. The van der Waals surface area contributed by atoms with E-state index in [1.165, 1.54) is 11.3 Å². The zero-order chi connectivity index (χ0) is 14.1. The van der Waals surface area contributed by atoms with E-state index in [0.29, 0.717) is 18.4 Å². The van der Waals surface area contributed by atoms with Crippen LogP contribution in [0.4, 0.5) is 0 Å². The van der Waals surface area contributed by atoms with E-state index in [1.807, 2.05) is 34.4 Å². The smallest absolute Gasteiger partial charge is 0.263 e. The van der Waals surface area contributed by atoms with E-state index in [-0.39, 0.29) is 11.8 Å². The fraction of sp³-hybridized carbons (Fsp3) is 0.600. The van der Waals surface area contributed by atoms with Crippen LogP contribution in [-0.2, 0) is 4.79 Å². The highest BCUT2D eigenvalue weighted by Crippen LogP contribution is 2.30. The summed E-state index contributed by atoms with van der Waals surface area (Å²) in [5, 5.41) is 1.94. The van der Waals surface area contributed by atoms with E-state index in [9.17, 15) is 9.59 Å². The Balaban J connectivity index is 1.72. The van der Waals surface area contributed by atoms with E-state index in [2.05, 4.69) is 0 Å². The molecule has 0 radical (unpaired) electrons. The Morgan fingerprint density at radius 1 is 1.40 bits per heavy atom. The molecule has 108 valence electrons. The number of amides is 2. The van der Waals surface area contributed by atoms with E-state index in [4.69, 9.17) is 0 Å². The first kappa shape index (κ1) is 13.6. The van der Waals surface area contributed by atoms with Crippen LogP contribution in [0.1, 0.15) is 35.4 Å². The highest BCUT2D eigenvalue weighted by atomic mass is 32.1. The second-order valence-corrected chi connectivity index (χ2v) is 6.69. The largest absolute Gasteiger partial charge is 0.342 e. The molecule has 3 heterocycles. The lowest BCUT2D eigenvalue weighted by atomic mass is 9.88. The van der Waals surface area contributed by atoms with Crippen molar-refractivity contribution in [1.29, 1.82) is 0 Å². The molecule has 2 fully saturated rings. The molecule has 2 aliphatic rings. The Morgan fingerprint density at radius 2 is 2.25 bits per heavy atom. The van der Waals surface area contributed by atoms with Gasteiger partial charge in [-0.1, -0.05) is 6.07 Å². The molecule has 20 heavy (non-hydrogen) atoms. The predicted octanol–water partition coefficient (Wildman–Crippen LogP) is 2.22. The van der Waals surface area contributed by atoms with E-state index < -0.39 is 0 Å². The summed E-state index contributed by atoms with van der Waals surface area (Å²) in [7, 11) is 1.92. The number of hydrogen-bond donors (Lipinski definition) is 0. The van der Waals surface area contributed by atoms with Gasteiger partial charge < -0.3 is 9.80 Å². The molecule has 0 saturated carbocycles. The maximum atomic E-state index is 12.4. The summed E-state index contributed by atoms with van der Waals surface area (Å²) in [6.07, 6.45) is 3.56. The number of rotatable bonds is 1. The molecule has 0 spiro atoms. The fourth-order valence-electron chi connectivity index (χ4n) is 3.43. The number of hydrogen-bond acceptors (Lipinski definition) is 3. The van der Waals surface area contributed by atoms with Crippen molar-refractivity contribution in [3.05, 3.63) is 22.4 Å². The molecule has 3 rings (SSSR count). The average molecular weight is 292 g/mol. The van der Waals surface area contributed by atoms with Crippen LogP contribution in [0.5, 0.6) is 0 Å². The van der Waals surface area contributed by atoms with Crippen LogP contribution in [0.25, 0.3) is 0 Å². The number of piperidine rings is 1. The van der Waals surface area contributed by atoms with Gasteiger partial charge >= 0.3 is 0 Å². The quantitative estimate of drug-likeness (QED) is 0.796. The van der Waals surface area contributed by atoms with E-state index in [1.54, 1.807) is 0 Å². The molecule has 4 nitrogen and oxygen atoms in total. The Bertz CT molecular complexity index is 500. The highest BCUT2D eigenvalue weighted by Gasteiger charge is 2.37. The van der Waals surface area contributed by atoms with Crippen molar-refractivity contribution in [2.75, 3.05) is 20.1 Å². The molecule has 0 aromatic carbocycles. The molecular weight excluding hydrogens is 272 g/mol. The molecule has 1 aromatic heterocycles. The summed E-state index contributed by atoms with van der Waals surface area (Å²) in [6.45, 7) is 1.55. The molecular formula is C15H20N2O2S. The van der Waals surface area contributed by atoms with Gasteiger partial charge in [-0.05, 0) is 36.6 Å². The molecule has 0 N–H and O–H groups in total. The van der Waals surface area contributed by atoms with Gasteiger partial charge in [-0.3, -0.25) is 9.59 Å². The number of nitrogens with zero attached hydrogens (tertiary/aromatic N) is 2. The van der Waals surface area contributed by atoms with Crippen molar-refractivity contribution in [3.8, 4) is 0 Å². The van der Waals surface area contributed by atoms with Gasteiger partial charge in [0.25, 0.3) is 5.91 Å². The monoisotopic (exact) mass is 292 g/mol. The summed E-state index contributed by atoms with van der Waals surface area (Å²) >= 11 is 1.50. The molecule has 0 aliphatic carbocycles. The molecule has 5 heteroatoms. The zero-order valence-corrected chi connectivity index (χ0v) is 12.6. The minimum absolute atomic E-state index is 0.150. The van der Waals surface area contributed by atoms with Gasteiger partial charge in [0, 0.05) is 32.6 Å². The van der Waals surface area contributed by atoms with Gasteiger partial charge in [-0.2, -0.15) is 0 Å². The summed E-state index contributed by atoms with van der Waals surface area (Å²) < 4.78 is 0. The first-order valence-corrected chi connectivity index (χ1v) is 8.13. The summed E-state index contributed by atoms with van der Waals surface area (Å²) in [4.78, 5) is 29.1.